The zero-order valence-electron chi connectivity index (χ0n) is 16.0. The van der Waals surface area contributed by atoms with Gasteiger partial charge in [0.1, 0.15) is 21.9 Å². The number of thioether (sulfide) groups is 2. The van der Waals surface area contributed by atoms with Crippen LogP contribution < -0.4 is 0 Å². The predicted molar refractivity (Wildman–Crippen MR) is 119 cm³/mol. The number of hydrogen-bond acceptors (Lipinski definition) is 6. The van der Waals surface area contributed by atoms with Gasteiger partial charge in [-0.25, -0.2) is 4.79 Å². The predicted octanol–water partition coefficient (Wildman–Crippen LogP) is 5.37. The van der Waals surface area contributed by atoms with Gasteiger partial charge < -0.3 is 9.52 Å². The average Bonchev–Trinajstić information content (AvgIpc) is 3.27. The average molecular weight is 488 g/mol. The van der Waals surface area contributed by atoms with Crippen molar-refractivity contribution in [3.05, 3.63) is 52.6 Å². The first kappa shape index (κ1) is 23.4. The Balaban J connectivity index is 1.84. The summed E-state index contributed by atoms with van der Waals surface area (Å²) in [5, 5.41) is 9.49. The van der Waals surface area contributed by atoms with E-state index in [1.54, 1.807) is 0 Å². The molecule has 1 amide bonds. The quantitative estimate of drug-likeness (QED) is 0.416. The van der Waals surface area contributed by atoms with Gasteiger partial charge in [-0.1, -0.05) is 36.1 Å². The number of aliphatic carboxylic acids is 1. The summed E-state index contributed by atoms with van der Waals surface area (Å²) in [5.41, 5.74) is -0.557. The van der Waals surface area contributed by atoms with E-state index in [0.29, 0.717) is 5.75 Å². The monoisotopic (exact) mass is 487 g/mol. The summed E-state index contributed by atoms with van der Waals surface area (Å²) in [6.07, 6.45) is -0.987. The maximum atomic E-state index is 12.9. The highest BCUT2D eigenvalue weighted by molar-refractivity contribution is 8.26. The first-order valence-electron chi connectivity index (χ1n) is 8.88. The van der Waals surface area contributed by atoms with E-state index in [2.05, 4.69) is 0 Å². The number of carbonyl (C=O) groups is 2. The number of benzene rings is 1. The molecule has 1 aliphatic heterocycles. The number of rotatable bonds is 7. The fraction of sp³-hybridized carbons (Fsp3) is 0.250. The van der Waals surface area contributed by atoms with Crippen LogP contribution in [0.15, 0.2) is 45.7 Å². The zero-order valence-corrected chi connectivity index (χ0v) is 18.5. The van der Waals surface area contributed by atoms with Gasteiger partial charge in [0.15, 0.2) is 0 Å². The Morgan fingerprint density at radius 3 is 2.74 bits per heavy atom. The molecule has 2 heterocycles. The van der Waals surface area contributed by atoms with Gasteiger partial charge >= 0.3 is 12.1 Å². The number of amides is 1. The summed E-state index contributed by atoms with van der Waals surface area (Å²) in [6, 6.07) is 6.67. The number of carboxylic acid groups (broad SMARTS) is 1. The van der Waals surface area contributed by atoms with Crippen molar-refractivity contribution in [3.8, 4) is 11.3 Å². The molecule has 0 spiro atoms. The third kappa shape index (κ3) is 5.34. The van der Waals surface area contributed by atoms with Crippen LogP contribution in [-0.2, 0) is 15.8 Å². The number of thiocarbonyl (C=S) groups is 1. The minimum absolute atomic E-state index is 0.134. The highest BCUT2D eigenvalue weighted by Crippen LogP contribution is 2.36. The summed E-state index contributed by atoms with van der Waals surface area (Å²) in [6.45, 7) is 0. The lowest BCUT2D eigenvalue weighted by Crippen LogP contribution is -2.44. The normalized spacial score (nSPS) is 16.9. The molecule has 1 atom stereocenters. The summed E-state index contributed by atoms with van der Waals surface area (Å²) in [4.78, 5) is 25.7. The van der Waals surface area contributed by atoms with E-state index in [1.807, 2.05) is 6.26 Å². The van der Waals surface area contributed by atoms with Crippen molar-refractivity contribution in [2.75, 3.05) is 12.0 Å². The Kier molecular flexibility index (Phi) is 7.17. The number of carboxylic acids is 1. The molecular weight excluding hydrogens is 471 g/mol. The lowest BCUT2D eigenvalue weighted by molar-refractivity contribution is -0.145. The Labute approximate surface area is 189 Å². The number of nitrogens with zero attached hydrogens (tertiary/aromatic N) is 1. The van der Waals surface area contributed by atoms with Gasteiger partial charge in [-0.2, -0.15) is 24.9 Å². The van der Waals surface area contributed by atoms with Crippen LogP contribution in [0.4, 0.5) is 13.2 Å². The van der Waals surface area contributed by atoms with E-state index < -0.39 is 29.7 Å². The van der Waals surface area contributed by atoms with Crippen molar-refractivity contribution < 1.29 is 32.3 Å². The number of halogens is 3. The van der Waals surface area contributed by atoms with Gasteiger partial charge in [-0.3, -0.25) is 9.69 Å². The summed E-state index contributed by atoms with van der Waals surface area (Å²) in [7, 11) is 0. The molecule has 11 heteroatoms. The van der Waals surface area contributed by atoms with E-state index in [0.717, 1.165) is 28.8 Å². The van der Waals surface area contributed by atoms with E-state index >= 15 is 0 Å². The summed E-state index contributed by atoms with van der Waals surface area (Å²) in [5.74, 6) is -0.692. The molecule has 1 saturated heterocycles. The molecule has 1 N–H and O–H groups in total. The van der Waals surface area contributed by atoms with E-state index in [-0.39, 0.29) is 32.7 Å². The molecule has 0 radical (unpaired) electrons. The molecule has 1 fully saturated rings. The second-order valence-electron chi connectivity index (χ2n) is 6.47. The smallest absolute Gasteiger partial charge is 0.416 e. The topological polar surface area (TPSA) is 70.8 Å². The Morgan fingerprint density at radius 1 is 1.35 bits per heavy atom. The molecule has 0 bridgehead atoms. The Morgan fingerprint density at radius 2 is 2.10 bits per heavy atom. The number of alkyl halides is 3. The largest absolute Gasteiger partial charge is 0.480 e. The molecule has 31 heavy (non-hydrogen) atoms. The molecule has 5 nitrogen and oxygen atoms in total. The summed E-state index contributed by atoms with van der Waals surface area (Å²) >= 11 is 7.63. The number of carbonyl (C=O) groups excluding carboxylic acids is 1. The lowest BCUT2D eigenvalue weighted by Gasteiger charge is -2.22. The van der Waals surface area contributed by atoms with Gasteiger partial charge in [0.05, 0.1) is 10.5 Å². The van der Waals surface area contributed by atoms with Crippen LogP contribution in [-0.4, -0.2) is 44.3 Å². The van der Waals surface area contributed by atoms with Crippen LogP contribution >= 0.6 is 35.7 Å². The van der Waals surface area contributed by atoms with Crippen molar-refractivity contribution in [3.63, 3.8) is 0 Å². The first-order valence-corrected chi connectivity index (χ1v) is 11.5. The van der Waals surface area contributed by atoms with Crippen LogP contribution in [0.5, 0.6) is 0 Å². The SMILES string of the molecule is CSCCC(C(=O)O)N1C(=O)C(=Cc2ccc(-c3cccc(C(F)(F)F)c3)o2)SC1=S. The van der Waals surface area contributed by atoms with E-state index in [4.69, 9.17) is 16.6 Å². The van der Waals surface area contributed by atoms with Crippen molar-refractivity contribution in [2.45, 2.75) is 18.6 Å². The molecule has 1 aromatic carbocycles. The van der Waals surface area contributed by atoms with E-state index in [1.165, 1.54) is 42.1 Å². The van der Waals surface area contributed by atoms with Gasteiger partial charge in [0.25, 0.3) is 5.91 Å². The molecule has 0 saturated carbocycles. The fourth-order valence-electron chi connectivity index (χ4n) is 2.90. The maximum absolute atomic E-state index is 12.9. The maximum Gasteiger partial charge on any atom is 0.416 e. The minimum atomic E-state index is -4.48. The fourth-order valence-corrected chi connectivity index (χ4v) is 4.70. The Bertz CT molecular complexity index is 1050. The number of hydrogen-bond donors (Lipinski definition) is 1. The summed E-state index contributed by atoms with van der Waals surface area (Å²) < 4.78 is 44.5. The van der Waals surface area contributed by atoms with Crippen LogP contribution in [0.25, 0.3) is 17.4 Å². The second-order valence-corrected chi connectivity index (χ2v) is 9.13. The van der Waals surface area contributed by atoms with E-state index in [9.17, 15) is 27.9 Å². The van der Waals surface area contributed by atoms with Crippen molar-refractivity contribution in [2.24, 2.45) is 0 Å². The zero-order chi connectivity index (χ0) is 22.8. The van der Waals surface area contributed by atoms with Gasteiger partial charge in [-0.15, -0.1) is 0 Å². The standard InChI is InChI=1S/C20H16F3NO4S3/c1-30-8-7-14(18(26)27)24-17(25)16(31-19(24)29)10-13-5-6-15(28-13)11-3-2-4-12(9-11)20(21,22)23/h2-6,9-10,14H,7-8H2,1H3,(H,26,27). The Hall–Kier alpha value is -2.24. The molecule has 164 valence electrons. The van der Waals surface area contributed by atoms with Crippen molar-refractivity contribution in [1.82, 2.24) is 4.90 Å². The van der Waals surface area contributed by atoms with Crippen molar-refractivity contribution >= 4 is 58.0 Å². The van der Waals surface area contributed by atoms with Crippen LogP contribution in [0.1, 0.15) is 17.7 Å². The van der Waals surface area contributed by atoms with Gasteiger partial charge in [-0.05, 0) is 42.7 Å². The molecule has 1 unspecified atom stereocenters. The van der Waals surface area contributed by atoms with Gasteiger partial charge in [0.2, 0.25) is 0 Å². The van der Waals surface area contributed by atoms with Crippen LogP contribution in [0.3, 0.4) is 0 Å². The van der Waals surface area contributed by atoms with Crippen LogP contribution in [0.2, 0.25) is 0 Å². The molecule has 0 aliphatic carbocycles. The highest BCUT2D eigenvalue weighted by atomic mass is 32.2. The molecule has 1 aromatic heterocycles. The third-order valence-electron chi connectivity index (χ3n) is 4.39. The molecule has 2 aromatic rings. The molecule has 3 rings (SSSR count). The van der Waals surface area contributed by atoms with Crippen molar-refractivity contribution in [1.29, 1.82) is 0 Å². The third-order valence-corrected chi connectivity index (χ3v) is 6.36. The second kappa shape index (κ2) is 9.49. The van der Waals surface area contributed by atoms with Gasteiger partial charge in [0, 0.05) is 11.6 Å². The highest BCUT2D eigenvalue weighted by Gasteiger charge is 2.40. The van der Waals surface area contributed by atoms with Crippen LogP contribution in [0, 0.1) is 0 Å². The molecule has 1 aliphatic rings. The lowest BCUT2D eigenvalue weighted by atomic mass is 10.1. The number of furan rings is 1. The molecular formula is C20H16F3NO4S3. The minimum Gasteiger partial charge on any atom is -0.480 e. The first-order chi connectivity index (χ1) is 14.6.